The number of hydrogen-bond acceptors (Lipinski definition) is 3. The molecule has 0 amide bonds. The highest BCUT2D eigenvalue weighted by atomic mass is 127. The fraction of sp³-hybridized carbons (Fsp3) is 0.842. The molecule has 1 aromatic rings. The van der Waals surface area contributed by atoms with E-state index < -0.39 is 0 Å². The first-order chi connectivity index (χ1) is 12.3. The van der Waals surface area contributed by atoms with Crippen molar-refractivity contribution in [2.75, 3.05) is 13.1 Å². The molecule has 2 aliphatic rings. The summed E-state index contributed by atoms with van der Waals surface area (Å²) in [5, 5.41) is 15.8. The second kappa shape index (κ2) is 11.1. The molecule has 0 aromatic carbocycles. The molecular weight excluding hydrogens is 439 g/mol. The van der Waals surface area contributed by atoms with Crippen LogP contribution in [0, 0.1) is 5.92 Å². The average Bonchev–Trinajstić information content (AvgIpc) is 2.84. The number of aromatic nitrogens is 3. The van der Waals surface area contributed by atoms with Crippen molar-refractivity contribution in [3.05, 3.63) is 11.6 Å². The Hall–Kier alpha value is -0.860. The minimum Gasteiger partial charge on any atom is -0.357 e. The minimum absolute atomic E-state index is 0. The Morgan fingerprint density at radius 3 is 2.73 bits per heavy atom. The number of guanidine groups is 1. The molecule has 148 valence electrons. The zero-order valence-electron chi connectivity index (χ0n) is 16.3. The van der Waals surface area contributed by atoms with Gasteiger partial charge in [-0.1, -0.05) is 13.3 Å². The maximum atomic E-state index is 4.79. The summed E-state index contributed by atoms with van der Waals surface area (Å²) in [5.74, 6) is 4.10. The van der Waals surface area contributed by atoms with Crippen LogP contribution in [-0.4, -0.2) is 39.9 Å². The molecule has 0 radical (unpaired) electrons. The number of aliphatic imine (C=N–C) groups is 1. The molecule has 1 aliphatic carbocycles. The fourth-order valence-electron chi connectivity index (χ4n) is 3.92. The van der Waals surface area contributed by atoms with Crippen molar-refractivity contribution in [1.82, 2.24) is 25.4 Å². The predicted molar refractivity (Wildman–Crippen MR) is 117 cm³/mol. The van der Waals surface area contributed by atoms with Gasteiger partial charge in [0.25, 0.3) is 0 Å². The second-order valence-electron chi connectivity index (χ2n) is 7.61. The van der Waals surface area contributed by atoms with Gasteiger partial charge in [0.15, 0.2) is 5.96 Å². The smallest absolute Gasteiger partial charge is 0.191 e. The van der Waals surface area contributed by atoms with Crippen LogP contribution in [0.5, 0.6) is 0 Å². The van der Waals surface area contributed by atoms with E-state index in [9.17, 15) is 0 Å². The van der Waals surface area contributed by atoms with Gasteiger partial charge in [0.05, 0.1) is 0 Å². The highest BCUT2D eigenvalue weighted by Crippen LogP contribution is 2.23. The first-order valence-electron chi connectivity index (χ1n) is 10.2. The van der Waals surface area contributed by atoms with E-state index in [2.05, 4.69) is 39.2 Å². The maximum Gasteiger partial charge on any atom is 0.191 e. The van der Waals surface area contributed by atoms with Crippen molar-refractivity contribution in [3.63, 3.8) is 0 Å². The van der Waals surface area contributed by atoms with Gasteiger partial charge in [-0.3, -0.25) is 4.99 Å². The number of nitrogens with one attached hydrogen (secondary N) is 2. The van der Waals surface area contributed by atoms with Crippen LogP contribution in [0.1, 0.15) is 70.4 Å². The summed E-state index contributed by atoms with van der Waals surface area (Å²) in [6.07, 6.45) is 10.9. The maximum absolute atomic E-state index is 4.79. The quantitative estimate of drug-likeness (QED) is 0.391. The second-order valence-corrected chi connectivity index (χ2v) is 7.61. The summed E-state index contributed by atoms with van der Waals surface area (Å²) < 4.78 is 2.32. The van der Waals surface area contributed by atoms with Gasteiger partial charge >= 0.3 is 0 Å². The number of aryl methyl sites for hydroxylation is 1. The molecule has 3 rings (SSSR count). The highest BCUT2D eigenvalue weighted by Gasteiger charge is 2.19. The number of hydrogen-bond donors (Lipinski definition) is 2. The number of rotatable bonds is 5. The molecule has 26 heavy (non-hydrogen) atoms. The number of halogens is 1. The first-order valence-corrected chi connectivity index (χ1v) is 10.2. The Kier molecular flexibility index (Phi) is 9.15. The Labute approximate surface area is 175 Å². The summed E-state index contributed by atoms with van der Waals surface area (Å²) >= 11 is 0. The molecular formula is C19H35IN6. The van der Waals surface area contributed by atoms with Crippen LogP contribution in [0.2, 0.25) is 0 Å². The van der Waals surface area contributed by atoms with Crippen molar-refractivity contribution in [2.24, 2.45) is 10.9 Å². The molecule has 1 fully saturated rings. The third-order valence-electron chi connectivity index (χ3n) is 5.49. The van der Waals surface area contributed by atoms with Crippen LogP contribution in [0.4, 0.5) is 0 Å². The SMILES string of the molecule is CCNC(=NCCc1nnc2n1CCCCC2)NC1CCC(C)CC1.I. The van der Waals surface area contributed by atoms with Crippen LogP contribution in [-0.2, 0) is 19.4 Å². The van der Waals surface area contributed by atoms with Crippen LogP contribution in [0.15, 0.2) is 4.99 Å². The molecule has 2 heterocycles. The van der Waals surface area contributed by atoms with Crippen molar-refractivity contribution in [2.45, 2.75) is 84.2 Å². The van der Waals surface area contributed by atoms with Gasteiger partial charge in [-0.05, 0) is 51.4 Å². The monoisotopic (exact) mass is 474 g/mol. The molecule has 0 bridgehead atoms. The standard InChI is InChI=1S/C19H34N6.HI/c1-3-20-19(22-16-10-8-15(2)9-11-16)21-13-12-18-24-23-17-7-5-4-6-14-25(17)18;/h15-16H,3-14H2,1-2H3,(H2,20,21,22);1H. The van der Waals surface area contributed by atoms with E-state index in [0.717, 1.165) is 56.0 Å². The van der Waals surface area contributed by atoms with E-state index in [1.807, 2.05) is 0 Å². The zero-order valence-corrected chi connectivity index (χ0v) is 18.7. The molecule has 0 atom stereocenters. The summed E-state index contributed by atoms with van der Waals surface area (Å²) in [6.45, 7) is 7.21. The number of nitrogens with zero attached hydrogens (tertiary/aromatic N) is 4. The van der Waals surface area contributed by atoms with E-state index in [1.165, 1.54) is 44.9 Å². The lowest BCUT2D eigenvalue weighted by Crippen LogP contribution is -2.44. The van der Waals surface area contributed by atoms with E-state index >= 15 is 0 Å². The minimum atomic E-state index is 0. The van der Waals surface area contributed by atoms with Gasteiger partial charge in [-0.2, -0.15) is 0 Å². The van der Waals surface area contributed by atoms with E-state index in [1.54, 1.807) is 0 Å². The summed E-state index contributed by atoms with van der Waals surface area (Å²) in [5.41, 5.74) is 0. The molecule has 2 N–H and O–H groups in total. The topological polar surface area (TPSA) is 67.1 Å². The number of fused-ring (bicyclic) bond motifs is 1. The van der Waals surface area contributed by atoms with Crippen molar-refractivity contribution >= 4 is 29.9 Å². The van der Waals surface area contributed by atoms with E-state index in [-0.39, 0.29) is 24.0 Å². The van der Waals surface area contributed by atoms with Crippen molar-refractivity contribution in [1.29, 1.82) is 0 Å². The molecule has 1 saturated carbocycles. The lowest BCUT2D eigenvalue weighted by atomic mass is 9.87. The summed E-state index contributed by atoms with van der Waals surface area (Å²) in [7, 11) is 0. The van der Waals surface area contributed by atoms with Crippen LogP contribution < -0.4 is 10.6 Å². The van der Waals surface area contributed by atoms with Gasteiger partial charge in [0.2, 0.25) is 0 Å². The lowest BCUT2D eigenvalue weighted by Gasteiger charge is -2.28. The van der Waals surface area contributed by atoms with Crippen LogP contribution in [0.3, 0.4) is 0 Å². The Morgan fingerprint density at radius 2 is 1.96 bits per heavy atom. The molecule has 0 unspecified atom stereocenters. The highest BCUT2D eigenvalue weighted by molar-refractivity contribution is 14.0. The van der Waals surface area contributed by atoms with Gasteiger partial charge in [-0.15, -0.1) is 34.2 Å². The van der Waals surface area contributed by atoms with Crippen molar-refractivity contribution in [3.8, 4) is 0 Å². The Bertz CT molecular complexity index is 562. The van der Waals surface area contributed by atoms with Gasteiger partial charge in [0.1, 0.15) is 11.6 Å². The van der Waals surface area contributed by atoms with Gasteiger partial charge in [0, 0.05) is 38.5 Å². The van der Waals surface area contributed by atoms with Crippen LogP contribution in [0.25, 0.3) is 0 Å². The molecule has 1 aromatic heterocycles. The summed E-state index contributed by atoms with van der Waals surface area (Å²) in [4.78, 5) is 4.79. The summed E-state index contributed by atoms with van der Waals surface area (Å²) in [6, 6.07) is 0.568. The van der Waals surface area contributed by atoms with Gasteiger partial charge < -0.3 is 15.2 Å². The molecule has 1 aliphatic heterocycles. The van der Waals surface area contributed by atoms with Crippen LogP contribution >= 0.6 is 24.0 Å². The lowest BCUT2D eigenvalue weighted by molar-refractivity contribution is 0.329. The molecule has 0 saturated heterocycles. The normalized spacial score (nSPS) is 23.5. The third-order valence-corrected chi connectivity index (χ3v) is 5.49. The molecule has 0 spiro atoms. The Balaban J connectivity index is 0.00000243. The van der Waals surface area contributed by atoms with E-state index in [4.69, 9.17) is 4.99 Å². The largest absolute Gasteiger partial charge is 0.357 e. The predicted octanol–water partition coefficient (Wildman–Crippen LogP) is 3.30. The van der Waals surface area contributed by atoms with E-state index in [0.29, 0.717) is 6.04 Å². The third kappa shape index (κ3) is 6.09. The fourth-order valence-corrected chi connectivity index (χ4v) is 3.92. The Morgan fingerprint density at radius 1 is 1.15 bits per heavy atom. The zero-order chi connectivity index (χ0) is 17.5. The first kappa shape index (κ1) is 21.4. The van der Waals surface area contributed by atoms with Crippen molar-refractivity contribution < 1.29 is 0 Å². The molecule has 6 nitrogen and oxygen atoms in total. The average molecular weight is 474 g/mol. The molecule has 7 heteroatoms. The van der Waals surface area contributed by atoms with Gasteiger partial charge in [-0.25, -0.2) is 0 Å².